The Bertz CT molecular complexity index is 239. The van der Waals surface area contributed by atoms with Gasteiger partial charge < -0.3 is 28.7 Å². The van der Waals surface area contributed by atoms with Crippen molar-refractivity contribution in [1.82, 2.24) is 0 Å². The maximum atomic E-state index is 10.2. The molecule has 12 heteroatoms. The van der Waals surface area contributed by atoms with Crippen LogP contribution in [-0.2, 0) is 9.13 Å². The molecule has 0 unspecified atom stereocenters. The molecule has 0 aliphatic carbocycles. The maximum Gasteiger partial charge on any atom is 1.00 e. The molecule has 0 radical (unpaired) electrons. The zero-order valence-corrected chi connectivity index (χ0v) is 19.7. The van der Waals surface area contributed by atoms with Gasteiger partial charge in [-0.15, -0.1) is 6.58 Å². The van der Waals surface area contributed by atoms with Crippen molar-refractivity contribution in [2.45, 2.75) is 11.8 Å². The van der Waals surface area contributed by atoms with Gasteiger partial charge in [-0.25, -0.2) is 0 Å². The molecular weight excluding hydrogens is 298 g/mol. The predicted molar refractivity (Wildman–Crippen MR) is 33.8 cm³/mol. The van der Waals surface area contributed by atoms with Gasteiger partial charge in [0.25, 0.3) is 0 Å². The van der Waals surface area contributed by atoms with Crippen LogP contribution in [0.3, 0.4) is 0 Å². The Morgan fingerprint density at radius 1 is 0.938 bits per heavy atom. The second kappa shape index (κ2) is 14.0. The van der Waals surface area contributed by atoms with Crippen LogP contribution < -0.4 is 138 Å². The molecule has 0 rings (SSSR count). The van der Waals surface area contributed by atoms with Crippen LogP contribution >= 0.6 is 15.2 Å². The minimum atomic E-state index is -5.37. The van der Waals surface area contributed by atoms with Gasteiger partial charge in [-0.3, -0.25) is 0 Å². The zero-order chi connectivity index (χ0) is 9.99. The summed E-state index contributed by atoms with van der Waals surface area (Å²) in [4.78, 5) is 40.9. The van der Waals surface area contributed by atoms with E-state index in [1.165, 1.54) is 0 Å². The summed E-state index contributed by atoms with van der Waals surface area (Å²) in [5.41, 5.74) is 0. The van der Waals surface area contributed by atoms with Crippen LogP contribution in [0.15, 0.2) is 12.7 Å². The Kier molecular flexibility index (Phi) is 28.1. The van der Waals surface area contributed by atoms with E-state index in [2.05, 4.69) is 6.58 Å². The van der Waals surface area contributed by atoms with Crippen LogP contribution in [-0.4, -0.2) is 5.40 Å². The molecule has 0 saturated carbocycles. The number of hydrogen-bond acceptors (Lipinski definition) is 6. The molecule has 0 fully saturated rings. The van der Waals surface area contributed by atoms with E-state index in [1.54, 1.807) is 0 Å². The van der Waals surface area contributed by atoms with Crippen molar-refractivity contribution in [3.05, 3.63) is 12.7 Å². The molecule has 0 N–H and O–H groups in total. The van der Waals surface area contributed by atoms with Crippen molar-refractivity contribution in [3.63, 3.8) is 0 Å². The summed E-state index contributed by atoms with van der Waals surface area (Å²) in [6.45, 7) is 3.03. The predicted octanol–water partition coefficient (Wildman–Crippen LogP) is -14.3. The Morgan fingerprint density at radius 2 is 1.19 bits per heavy atom. The second-order valence-corrected chi connectivity index (χ2v) is 5.90. The van der Waals surface area contributed by atoms with Crippen LogP contribution in [0.1, 0.15) is 6.42 Å². The van der Waals surface area contributed by atoms with E-state index in [-0.39, 0.29) is 118 Å². The van der Waals surface area contributed by atoms with Crippen molar-refractivity contribution >= 4 is 15.2 Å². The number of hydrogen-bond donors (Lipinski definition) is 0. The minimum absolute atomic E-state index is 0. The van der Waals surface area contributed by atoms with Crippen LogP contribution in [0.25, 0.3) is 0 Å². The Hall–Kier alpha value is 4.04. The monoisotopic (exact) mass is 304 g/mol. The summed E-state index contributed by atoms with van der Waals surface area (Å²) in [6, 6.07) is 0. The number of rotatable bonds is 4. The van der Waals surface area contributed by atoms with Gasteiger partial charge in [0.1, 0.15) is 0 Å². The molecule has 0 aromatic heterocycles. The SMILES string of the molecule is C=CCC(P(=O)([O-])[O-])P(=O)([O-])[O-].[Na+].[Na+].[Na+].[Na+]. The van der Waals surface area contributed by atoms with E-state index in [4.69, 9.17) is 0 Å². The molecule has 0 amide bonds. The van der Waals surface area contributed by atoms with Gasteiger partial charge in [0.05, 0.1) is 0 Å². The molecule has 0 saturated heterocycles. The maximum absolute atomic E-state index is 10.2. The van der Waals surface area contributed by atoms with E-state index in [9.17, 15) is 28.7 Å². The summed E-state index contributed by atoms with van der Waals surface area (Å²) in [5.74, 6) is 0. The zero-order valence-electron chi connectivity index (χ0n) is 9.91. The fourth-order valence-corrected chi connectivity index (χ4v) is 2.78. The molecule has 0 atom stereocenters. The van der Waals surface area contributed by atoms with Crippen LogP contribution in [0, 0.1) is 0 Å². The first kappa shape index (κ1) is 32.1. The average Bonchev–Trinajstić information content (AvgIpc) is 1.77. The Balaban J connectivity index is -0.000000101. The van der Waals surface area contributed by atoms with Crippen molar-refractivity contribution in [2.24, 2.45) is 0 Å². The minimum Gasteiger partial charge on any atom is -0.810 e. The molecule has 6 nitrogen and oxygen atoms in total. The molecular formula is C4H6Na4O6P2. The van der Waals surface area contributed by atoms with E-state index in [0.717, 1.165) is 6.08 Å². The van der Waals surface area contributed by atoms with Crippen LogP contribution in [0.5, 0.6) is 0 Å². The summed E-state index contributed by atoms with van der Waals surface area (Å²) in [6.07, 6.45) is 0.240. The summed E-state index contributed by atoms with van der Waals surface area (Å²) < 4.78 is 20.4. The Morgan fingerprint density at radius 3 is 1.25 bits per heavy atom. The van der Waals surface area contributed by atoms with Crippen molar-refractivity contribution in [1.29, 1.82) is 0 Å². The van der Waals surface area contributed by atoms with Crippen molar-refractivity contribution < 1.29 is 147 Å². The summed E-state index contributed by atoms with van der Waals surface area (Å²) in [7, 11) is -10.7. The average molecular weight is 304 g/mol. The van der Waals surface area contributed by atoms with Gasteiger partial charge in [0, 0.05) is 5.40 Å². The molecule has 0 heterocycles. The normalized spacial score (nSPS) is 10.1. The van der Waals surface area contributed by atoms with Gasteiger partial charge in [-0.2, -0.15) is 0 Å². The summed E-state index contributed by atoms with van der Waals surface area (Å²) in [5, 5.41) is -2.40. The van der Waals surface area contributed by atoms with Crippen LogP contribution in [0.2, 0.25) is 0 Å². The van der Waals surface area contributed by atoms with E-state index in [1.807, 2.05) is 0 Å². The van der Waals surface area contributed by atoms with E-state index in [0.29, 0.717) is 0 Å². The molecule has 72 valence electrons. The third kappa shape index (κ3) is 14.4. The van der Waals surface area contributed by atoms with Gasteiger partial charge in [0.15, 0.2) is 0 Å². The third-order valence-corrected chi connectivity index (χ3v) is 4.69. The molecule has 16 heavy (non-hydrogen) atoms. The van der Waals surface area contributed by atoms with Crippen molar-refractivity contribution in [3.8, 4) is 0 Å². The van der Waals surface area contributed by atoms with E-state index >= 15 is 0 Å². The van der Waals surface area contributed by atoms with Crippen molar-refractivity contribution in [2.75, 3.05) is 0 Å². The molecule has 0 aliphatic heterocycles. The first-order valence-electron chi connectivity index (χ1n) is 2.84. The fraction of sp³-hybridized carbons (Fsp3) is 0.500. The second-order valence-electron chi connectivity index (χ2n) is 2.08. The first-order chi connectivity index (χ1) is 5.19. The largest absolute Gasteiger partial charge is 1.00 e. The molecule has 0 aromatic rings. The number of allylic oxidation sites excluding steroid dienone is 1. The smallest absolute Gasteiger partial charge is 0.810 e. The van der Waals surface area contributed by atoms with Gasteiger partial charge in [0.2, 0.25) is 0 Å². The third-order valence-electron chi connectivity index (χ3n) is 1.11. The quantitative estimate of drug-likeness (QED) is 0.288. The summed E-state index contributed by atoms with van der Waals surface area (Å²) >= 11 is 0. The Labute approximate surface area is 183 Å². The molecule has 0 spiro atoms. The topological polar surface area (TPSA) is 126 Å². The van der Waals surface area contributed by atoms with Gasteiger partial charge >= 0.3 is 118 Å². The van der Waals surface area contributed by atoms with Crippen LogP contribution in [0.4, 0.5) is 0 Å². The standard InChI is InChI=1S/C4H10O6P2.4Na/c1-2-3-4(11(5,6)7)12(8,9)10;;;;/h2,4H,1,3H2,(H2,5,6,7)(H2,8,9,10);;;;/q;4*+1/p-4. The molecule has 0 aromatic carbocycles. The van der Waals surface area contributed by atoms with Gasteiger partial charge in [-0.05, 0) is 6.42 Å². The molecule has 0 aliphatic rings. The van der Waals surface area contributed by atoms with E-state index < -0.39 is 27.0 Å². The van der Waals surface area contributed by atoms with Gasteiger partial charge in [-0.1, -0.05) is 21.3 Å². The molecule has 0 bridgehead atoms. The fourth-order valence-electron chi connectivity index (χ4n) is 0.580. The first-order valence-corrected chi connectivity index (χ1v) is 6.06.